The topological polar surface area (TPSA) is 88.9 Å². The first kappa shape index (κ1) is 24.5. The predicted molar refractivity (Wildman–Crippen MR) is 142 cm³/mol. The number of para-hydroxylation sites is 1. The maximum Gasteiger partial charge on any atom is 0.255 e. The molecule has 0 unspecified atom stereocenters. The summed E-state index contributed by atoms with van der Waals surface area (Å²) in [7, 11) is 0. The molecule has 0 saturated heterocycles. The van der Waals surface area contributed by atoms with Crippen LogP contribution in [-0.4, -0.2) is 32.2 Å². The first-order valence-corrected chi connectivity index (χ1v) is 12.7. The summed E-state index contributed by atoms with van der Waals surface area (Å²) in [4.78, 5) is 30.6. The van der Waals surface area contributed by atoms with Gasteiger partial charge in [-0.05, 0) is 32.0 Å². The van der Waals surface area contributed by atoms with E-state index in [9.17, 15) is 9.59 Å². The van der Waals surface area contributed by atoms with Crippen LogP contribution in [0.1, 0.15) is 34.5 Å². The van der Waals surface area contributed by atoms with Crippen LogP contribution < -0.4 is 10.6 Å². The number of carbonyl (C=O) groups is 2. The molecule has 37 heavy (non-hydrogen) atoms. The summed E-state index contributed by atoms with van der Waals surface area (Å²) in [5.74, 6) is -0.377. The normalized spacial score (nSPS) is 14.6. The Morgan fingerprint density at radius 1 is 1.00 bits per heavy atom. The van der Waals surface area contributed by atoms with E-state index in [2.05, 4.69) is 20.7 Å². The molecular weight excluding hydrogens is 489 g/mol. The number of nitrogens with zero attached hydrogens (tertiary/aromatic N) is 3. The fourth-order valence-electron chi connectivity index (χ4n) is 4.14. The first-order valence-electron chi connectivity index (χ1n) is 11.7. The molecule has 3 aromatic carbocycles. The number of anilines is 2. The Morgan fingerprint density at radius 2 is 1.70 bits per heavy atom. The molecule has 9 heteroatoms. The number of hydrogen-bond donors (Lipinski definition) is 2. The fourth-order valence-corrected chi connectivity index (χ4v) is 4.87. The summed E-state index contributed by atoms with van der Waals surface area (Å²) in [6, 6.07) is 21.9. The van der Waals surface area contributed by atoms with Gasteiger partial charge in [0.2, 0.25) is 11.1 Å². The minimum atomic E-state index is -0.851. The molecule has 5 rings (SSSR count). The standard InChI is InChI=1S/C28H24FN5O2S/c1-17-12-14-19(15-13-17)23(35)16-37-28-32-27-30-18(2)24(26(36)31-20-8-4-3-5-9-20)25(34(27)33-28)21-10-6-7-11-22(21)29/h3-15,25H,16H2,1-2H3,(H,31,36)(H,30,32,33)/t25-/m0/s1. The van der Waals surface area contributed by atoms with Gasteiger partial charge in [-0.1, -0.05) is 78.0 Å². The summed E-state index contributed by atoms with van der Waals surface area (Å²) >= 11 is 1.19. The van der Waals surface area contributed by atoms with Crippen LogP contribution in [0.5, 0.6) is 0 Å². The van der Waals surface area contributed by atoms with Crippen molar-refractivity contribution in [2.24, 2.45) is 0 Å². The van der Waals surface area contributed by atoms with Gasteiger partial charge >= 0.3 is 0 Å². The van der Waals surface area contributed by atoms with Crippen LogP contribution >= 0.6 is 11.8 Å². The molecule has 4 aromatic rings. The van der Waals surface area contributed by atoms with Crippen LogP contribution in [0.15, 0.2) is 95.3 Å². The maximum atomic E-state index is 15.0. The molecule has 0 radical (unpaired) electrons. The Kier molecular flexibility index (Phi) is 6.87. The quantitative estimate of drug-likeness (QED) is 0.246. The van der Waals surface area contributed by atoms with Gasteiger partial charge in [-0.25, -0.2) is 9.07 Å². The number of thioether (sulfide) groups is 1. The van der Waals surface area contributed by atoms with Gasteiger partial charge in [0.05, 0.1) is 11.3 Å². The van der Waals surface area contributed by atoms with Crippen molar-refractivity contribution in [3.8, 4) is 0 Å². The summed E-state index contributed by atoms with van der Waals surface area (Å²) in [6.45, 7) is 3.71. The first-order chi connectivity index (χ1) is 17.9. The predicted octanol–water partition coefficient (Wildman–Crippen LogP) is 5.63. The molecule has 1 aliphatic heterocycles. The molecule has 7 nitrogen and oxygen atoms in total. The Labute approximate surface area is 217 Å². The van der Waals surface area contributed by atoms with Crippen molar-refractivity contribution in [3.05, 3.63) is 113 Å². The second-order valence-corrected chi connectivity index (χ2v) is 9.59. The lowest BCUT2D eigenvalue weighted by atomic mass is 9.94. The van der Waals surface area contributed by atoms with E-state index < -0.39 is 11.9 Å². The summed E-state index contributed by atoms with van der Waals surface area (Å²) in [5.41, 5.74) is 3.46. The number of benzene rings is 3. The van der Waals surface area contributed by atoms with E-state index in [1.807, 2.05) is 37.3 Å². The second kappa shape index (κ2) is 10.4. The number of aryl methyl sites for hydroxylation is 1. The van der Waals surface area contributed by atoms with Crippen molar-refractivity contribution in [1.29, 1.82) is 0 Å². The van der Waals surface area contributed by atoms with Crippen LogP contribution in [-0.2, 0) is 4.79 Å². The van der Waals surface area contributed by atoms with E-state index in [4.69, 9.17) is 0 Å². The minimum Gasteiger partial charge on any atom is -0.328 e. The van der Waals surface area contributed by atoms with Crippen molar-refractivity contribution < 1.29 is 14.0 Å². The molecule has 0 aliphatic carbocycles. The number of aromatic nitrogens is 3. The zero-order valence-electron chi connectivity index (χ0n) is 20.2. The number of carbonyl (C=O) groups excluding carboxylic acids is 2. The zero-order valence-corrected chi connectivity index (χ0v) is 21.1. The second-order valence-electron chi connectivity index (χ2n) is 8.65. The minimum absolute atomic E-state index is 0.0476. The molecule has 1 aliphatic rings. The molecule has 0 bridgehead atoms. The van der Waals surface area contributed by atoms with Crippen LogP contribution in [0.2, 0.25) is 0 Å². The van der Waals surface area contributed by atoms with E-state index in [0.717, 1.165) is 5.56 Å². The Balaban J connectivity index is 1.46. The summed E-state index contributed by atoms with van der Waals surface area (Å²) in [6.07, 6.45) is 0. The maximum absolute atomic E-state index is 15.0. The molecule has 2 heterocycles. The van der Waals surface area contributed by atoms with Crippen molar-refractivity contribution in [1.82, 2.24) is 14.8 Å². The molecule has 1 aromatic heterocycles. The van der Waals surface area contributed by atoms with Crippen LogP contribution in [0.25, 0.3) is 0 Å². The van der Waals surface area contributed by atoms with Crippen molar-refractivity contribution in [2.45, 2.75) is 25.0 Å². The van der Waals surface area contributed by atoms with Gasteiger partial charge in [-0.2, -0.15) is 4.98 Å². The average molecular weight is 514 g/mol. The highest BCUT2D eigenvalue weighted by Crippen LogP contribution is 2.37. The smallest absolute Gasteiger partial charge is 0.255 e. The van der Waals surface area contributed by atoms with Gasteiger partial charge in [0.25, 0.3) is 5.91 Å². The molecule has 1 atom stereocenters. The van der Waals surface area contributed by atoms with E-state index in [1.165, 1.54) is 22.5 Å². The molecule has 0 saturated carbocycles. The Morgan fingerprint density at radius 3 is 2.43 bits per heavy atom. The van der Waals surface area contributed by atoms with Gasteiger partial charge < -0.3 is 10.6 Å². The van der Waals surface area contributed by atoms with Crippen LogP contribution in [0.3, 0.4) is 0 Å². The van der Waals surface area contributed by atoms with E-state index in [-0.39, 0.29) is 17.4 Å². The summed E-state index contributed by atoms with van der Waals surface area (Å²) in [5, 5.41) is 10.9. The lowest BCUT2D eigenvalue weighted by Crippen LogP contribution is -2.32. The molecule has 0 fully saturated rings. The van der Waals surface area contributed by atoms with Crippen molar-refractivity contribution in [2.75, 3.05) is 16.4 Å². The molecule has 0 spiro atoms. The third kappa shape index (κ3) is 5.17. The number of halogens is 1. The van der Waals surface area contributed by atoms with Crippen LogP contribution in [0.4, 0.5) is 16.0 Å². The van der Waals surface area contributed by atoms with Gasteiger partial charge in [-0.15, -0.1) is 5.10 Å². The number of amides is 1. The van der Waals surface area contributed by atoms with E-state index in [1.54, 1.807) is 49.4 Å². The van der Waals surface area contributed by atoms with Crippen molar-refractivity contribution >= 4 is 35.1 Å². The number of allylic oxidation sites excluding steroid dienone is 1. The number of Topliss-reactive ketones (excluding diaryl/α,β-unsaturated/α-hetero) is 1. The van der Waals surface area contributed by atoms with Gasteiger partial charge in [0, 0.05) is 22.5 Å². The third-order valence-corrected chi connectivity index (χ3v) is 6.85. The van der Waals surface area contributed by atoms with Gasteiger partial charge in [0.15, 0.2) is 5.78 Å². The highest BCUT2D eigenvalue weighted by molar-refractivity contribution is 7.99. The molecular formula is C28H24FN5O2S. The van der Waals surface area contributed by atoms with E-state index >= 15 is 4.39 Å². The van der Waals surface area contributed by atoms with Crippen LogP contribution in [0, 0.1) is 12.7 Å². The Bertz CT molecular complexity index is 1500. The zero-order chi connectivity index (χ0) is 25.9. The molecule has 186 valence electrons. The summed E-state index contributed by atoms with van der Waals surface area (Å²) < 4.78 is 16.6. The SMILES string of the molecule is CC1=C(C(=O)Nc2ccccc2)[C@H](c2ccccc2F)n2nc(SCC(=O)c3ccc(C)cc3)nc2N1. The highest BCUT2D eigenvalue weighted by atomic mass is 32.2. The number of hydrogen-bond acceptors (Lipinski definition) is 6. The third-order valence-electron chi connectivity index (χ3n) is 6.02. The molecule has 1 amide bonds. The fraction of sp³-hybridized carbons (Fsp3) is 0.143. The Hall–Kier alpha value is -4.24. The lowest BCUT2D eigenvalue weighted by molar-refractivity contribution is -0.113. The highest BCUT2D eigenvalue weighted by Gasteiger charge is 2.35. The average Bonchev–Trinajstić information content (AvgIpc) is 3.30. The number of fused-ring (bicyclic) bond motifs is 1. The lowest BCUT2D eigenvalue weighted by Gasteiger charge is -2.28. The van der Waals surface area contributed by atoms with Gasteiger partial charge in [-0.3, -0.25) is 9.59 Å². The van der Waals surface area contributed by atoms with E-state index in [0.29, 0.717) is 39.2 Å². The number of ketones is 1. The van der Waals surface area contributed by atoms with Crippen molar-refractivity contribution in [3.63, 3.8) is 0 Å². The number of rotatable bonds is 7. The number of nitrogens with one attached hydrogen (secondary N) is 2. The van der Waals surface area contributed by atoms with Gasteiger partial charge in [0.1, 0.15) is 11.9 Å². The molecule has 2 N–H and O–H groups in total. The monoisotopic (exact) mass is 513 g/mol. The largest absolute Gasteiger partial charge is 0.328 e.